The van der Waals surface area contributed by atoms with Crippen molar-refractivity contribution < 1.29 is 28.7 Å². The average Bonchev–Trinajstić information content (AvgIpc) is 2.70. The molecule has 0 radical (unpaired) electrons. The number of hydrogen-bond acceptors (Lipinski definition) is 7. The van der Waals surface area contributed by atoms with Crippen molar-refractivity contribution in [1.29, 1.82) is 0 Å². The summed E-state index contributed by atoms with van der Waals surface area (Å²) in [6.45, 7) is 1.52. The Morgan fingerprint density at radius 2 is 1.66 bits per heavy atom. The maximum Gasteiger partial charge on any atom is 0.327 e. The zero-order valence-electron chi connectivity index (χ0n) is 16.4. The summed E-state index contributed by atoms with van der Waals surface area (Å²) in [6.07, 6.45) is 0. The first-order chi connectivity index (χ1) is 13.8. The van der Waals surface area contributed by atoms with Crippen LogP contribution in [-0.2, 0) is 11.3 Å². The van der Waals surface area contributed by atoms with Crippen molar-refractivity contribution in [2.45, 2.75) is 13.5 Å². The summed E-state index contributed by atoms with van der Waals surface area (Å²) in [5.41, 5.74) is 0.610. The van der Waals surface area contributed by atoms with E-state index in [1.165, 1.54) is 34.3 Å². The monoisotopic (exact) mass is 403 g/mol. The molecule has 0 atom stereocenters. The summed E-state index contributed by atoms with van der Waals surface area (Å²) in [6, 6.07) is 8.04. The highest BCUT2D eigenvalue weighted by molar-refractivity contribution is 6.00. The molecule has 0 saturated carbocycles. The number of carbonyl (C=O) groups excluding carboxylic acids is 2. The fourth-order valence-corrected chi connectivity index (χ4v) is 2.68. The standard InChI is InChI=1S/C19H21N3O7/c1-11(23)21-13-7-5-12(6-8-13)10-20-19(24)14-9-15(27-2)17(28-3)18(29-4)16(14)22(25)26/h5-9H,10H2,1-4H3,(H,20,24)(H,21,23). The van der Waals surface area contributed by atoms with E-state index in [0.717, 1.165) is 5.56 Å². The van der Waals surface area contributed by atoms with Crippen LogP contribution in [0.1, 0.15) is 22.8 Å². The maximum atomic E-state index is 12.7. The molecule has 0 fully saturated rings. The molecule has 10 nitrogen and oxygen atoms in total. The SMILES string of the molecule is COc1cc(C(=O)NCc2ccc(NC(C)=O)cc2)c([N+](=O)[O-])c(OC)c1OC. The number of nitrogens with one attached hydrogen (secondary N) is 2. The minimum atomic E-state index is -0.710. The predicted octanol–water partition coefficient (Wildman–Crippen LogP) is 2.51. The summed E-state index contributed by atoms with van der Waals surface area (Å²) in [5, 5.41) is 16.9. The van der Waals surface area contributed by atoms with Crippen LogP contribution >= 0.6 is 0 Å². The molecule has 2 rings (SSSR count). The van der Waals surface area contributed by atoms with Gasteiger partial charge < -0.3 is 24.8 Å². The summed E-state index contributed by atoms with van der Waals surface area (Å²) >= 11 is 0. The molecule has 0 aliphatic heterocycles. The van der Waals surface area contributed by atoms with Gasteiger partial charge in [-0.25, -0.2) is 0 Å². The number of amides is 2. The van der Waals surface area contributed by atoms with Crippen molar-refractivity contribution in [2.24, 2.45) is 0 Å². The van der Waals surface area contributed by atoms with Crippen LogP contribution in [0.4, 0.5) is 11.4 Å². The number of nitro groups is 1. The number of methoxy groups -OCH3 is 3. The fraction of sp³-hybridized carbons (Fsp3) is 0.263. The van der Waals surface area contributed by atoms with Gasteiger partial charge in [0.2, 0.25) is 17.4 Å². The van der Waals surface area contributed by atoms with E-state index < -0.39 is 16.5 Å². The largest absolute Gasteiger partial charge is 0.493 e. The second-order valence-electron chi connectivity index (χ2n) is 5.86. The summed E-state index contributed by atoms with van der Waals surface area (Å²) in [5.74, 6) is -0.934. The summed E-state index contributed by atoms with van der Waals surface area (Å²) in [4.78, 5) is 34.6. The number of hydrogen-bond donors (Lipinski definition) is 2. The first kappa shape index (κ1) is 21.5. The third-order valence-electron chi connectivity index (χ3n) is 3.96. The molecule has 0 spiro atoms. The van der Waals surface area contributed by atoms with E-state index >= 15 is 0 Å². The van der Waals surface area contributed by atoms with Gasteiger partial charge in [-0.1, -0.05) is 12.1 Å². The molecule has 0 bridgehead atoms. The molecule has 0 aliphatic rings. The average molecular weight is 403 g/mol. The smallest absolute Gasteiger partial charge is 0.327 e. The van der Waals surface area contributed by atoms with Crippen LogP contribution in [0.15, 0.2) is 30.3 Å². The van der Waals surface area contributed by atoms with Gasteiger partial charge in [-0.15, -0.1) is 0 Å². The van der Waals surface area contributed by atoms with Gasteiger partial charge in [-0.3, -0.25) is 19.7 Å². The van der Waals surface area contributed by atoms with Gasteiger partial charge >= 0.3 is 5.69 Å². The lowest BCUT2D eigenvalue weighted by Crippen LogP contribution is -2.24. The molecule has 2 amide bonds. The van der Waals surface area contributed by atoms with Crippen molar-refractivity contribution in [3.63, 3.8) is 0 Å². The van der Waals surface area contributed by atoms with Gasteiger partial charge in [0.05, 0.1) is 26.3 Å². The molecule has 0 aliphatic carbocycles. The molecular weight excluding hydrogens is 382 g/mol. The van der Waals surface area contributed by atoms with Crippen molar-refractivity contribution in [1.82, 2.24) is 5.32 Å². The molecule has 0 saturated heterocycles. The third kappa shape index (κ3) is 4.92. The lowest BCUT2D eigenvalue weighted by atomic mass is 10.1. The number of nitrogens with zero attached hydrogens (tertiary/aromatic N) is 1. The minimum Gasteiger partial charge on any atom is -0.493 e. The fourth-order valence-electron chi connectivity index (χ4n) is 2.68. The summed E-state index contributed by atoms with van der Waals surface area (Å²) < 4.78 is 15.4. The van der Waals surface area contributed by atoms with Gasteiger partial charge in [0, 0.05) is 25.2 Å². The highest BCUT2D eigenvalue weighted by atomic mass is 16.6. The Morgan fingerprint density at radius 3 is 2.14 bits per heavy atom. The Balaban J connectivity index is 2.30. The number of carbonyl (C=O) groups is 2. The van der Waals surface area contributed by atoms with Gasteiger partial charge in [0.25, 0.3) is 5.91 Å². The first-order valence-electron chi connectivity index (χ1n) is 8.44. The Kier molecular flexibility index (Phi) is 6.96. The maximum absolute atomic E-state index is 12.7. The van der Waals surface area contributed by atoms with Gasteiger partial charge in [0.1, 0.15) is 5.56 Å². The van der Waals surface area contributed by atoms with Crippen LogP contribution in [0.5, 0.6) is 17.2 Å². The zero-order chi connectivity index (χ0) is 21.6. The van der Waals surface area contributed by atoms with Crippen molar-refractivity contribution in [3.05, 3.63) is 51.6 Å². The van der Waals surface area contributed by atoms with E-state index in [-0.39, 0.29) is 35.3 Å². The lowest BCUT2D eigenvalue weighted by Gasteiger charge is -2.15. The van der Waals surface area contributed by atoms with Gasteiger partial charge in [-0.05, 0) is 17.7 Å². The Labute approximate surface area is 166 Å². The molecule has 0 heterocycles. The molecule has 154 valence electrons. The Bertz CT molecular complexity index is 926. The number of benzene rings is 2. The van der Waals surface area contributed by atoms with Crippen molar-refractivity contribution in [3.8, 4) is 17.2 Å². The molecular formula is C19H21N3O7. The molecule has 29 heavy (non-hydrogen) atoms. The van der Waals surface area contributed by atoms with E-state index in [0.29, 0.717) is 5.69 Å². The number of ether oxygens (including phenoxy) is 3. The second kappa shape index (κ2) is 9.40. The highest BCUT2D eigenvalue weighted by Crippen LogP contribution is 2.46. The van der Waals surface area contributed by atoms with E-state index in [1.807, 2.05) is 0 Å². The van der Waals surface area contributed by atoms with Crippen LogP contribution in [0.2, 0.25) is 0 Å². The van der Waals surface area contributed by atoms with Gasteiger partial charge in [-0.2, -0.15) is 0 Å². The van der Waals surface area contributed by atoms with E-state index in [1.54, 1.807) is 24.3 Å². The molecule has 0 unspecified atom stereocenters. The normalized spacial score (nSPS) is 10.1. The lowest BCUT2D eigenvalue weighted by molar-refractivity contribution is -0.386. The van der Waals surface area contributed by atoms with Crippen LogP contribution in [0.25, 0.3) is 0 Å². The third-order valence-corrected chi connectivity index (χ3v) is 3.96. The van der Waals surface area contributed by atoms with Crippen LogP contribution < -0.4 is 24.8 Å². The van der Waals surface area contributed by atoms with Crippen LogP contribution in [-0.4, -0.2) is 38.1 Å². The van der Waals surface area contributed by atoms with Crippen LogP contribution in [0, 0.1) is 10.1 Å². The molecule has 2 N–H and O–H groups in total. The topological polar surface area (TPSA) is 129 Å². The number of anilines is 1. The minimum absolute atomic E-state index is 0.0202. The van der Waals surface area contributed by atoms with Crippen molar-refractivity contribution in [2.75, 3.05) is 26.6 Å². The Hall–Kier alpha value is -3.82. The summed E-state index contributed by atoms with van der Waals surface area (Å²) in [7, 11) is 3.90. The van der Waals surface area contributed by atoms with Crippen LogP contribution in [0.3, 0.4) is 0 Å². The Morgan fingerprint density at radius 1 is 1.03 bits per heavy atom. The molecule has 0 aromatic heterocycles. The first-order valence-corrected chi connectivity index (χ1v) is 8.44. The molecule has 2 aromatic rings. The van der Waals surface area contributed by atoms with E-state index in [4.69, 9.17) is 14.2 Å². The highest BCUT2D eigenvalue weighted by Gasteiger charge is 2.32. The zero-order valence-corrected chi connectivity index (χ0v) is 16.4. The van der Waals surface area contributed by atoms with Gasteiger partial charge in [0.15, 0.2) is 5.75 Å². The van der Waals surface area contributed by atoms with E-state index in [2.05, 4.69) is 10.6 Å². The molecule has 10 heteroatoms. The quantitative estimate of drug-likeness (QED) is 0.512. The van der Waals surface area contributed by atoms with Crippen molar-refractivity contribution >= 4 is 23.2 Å². The number of nitro benzene ring substituents is 1. The molecule has 2 aromatic carbocycles. The number of rotatable bonds is 8. The second-order valence-corrected chi connectivity index (χ2v) is 5.86. The van der Waals surface area contributed by atoms with E-state index in [9.17, 15) is 19.7 Å². The predicted molar refractivity (Wildman–Crippen MR) is 105 cm³/mol.